The van der Waals surface area contributed by atoms with Gasteiger partial charge in [0.05, 0.1) is 5.60 Å². The second-order valence-electron chi connectivity index (χ2n) is 5.27. The second-order valence-corrected chi connectivity index (χ2v) is 5.27. The van der Waals surface area contributed by atoms with Crippen molar-refractivity contribution in [3.63, 3.8) is 0 Å². The van der Waals surface area contributed by atoms with Crippen LogP contribution in [0.4, 0.5) is 0 Å². The van der Waals surface area contributed by atoms with Crippen LogP contribution in [-0.4, -0.2) is 10.7 Å². The Morgan fingerprint density at radius 2 is 1.64 bits per heavy atom. The van der Waals surface area contributed by atoms with Gasteiger partial charge in [0.15, 0.2) is 0 Å². The molecule has 0 fully saturated rings. The third kappa shape index (κ3) is 5.64. The Morgan fingerprint density at radius 3 is 2.00 bits per heavy atom. The van der Waals surface area contributed by atoms with Gasteiger partial charge in [0.1, 0.15) is 0 Å². The molecule has 0 radical (unpaired) electrons. The first-order valence-corrected chi connectivity index (χ1v) is 6.16. The summed E-state index contributed by atoms with van der Waals surface area (Å²) in [6.45, 7) is 10.9. The van der Waals surface area contributed by atoms with Gasteiger partial charge in [-0.3, -0.25) is 0 Å². The van der Waals surface area contributed by atoms with Gasteiger partial charge in [-0.1, -0.05) is 47.5 Å². The standard InChI is InChI=1S/C13H28O/c1-6-8-12(5)10-13(14,7-2)9-11(3)4/h11-12,14H,6-10H2,1-5H3. The fourth-order valence-electron chi connectivity index (χ4n) is 2.38. The van der Waals surface area contributed by atoms with Crippen molar-refractivity contribution < 1.29 is 5.11 Å². The van der Waals surface area contributed by atoms with E-state index in [0.29, 0.717) is 11.8 Å². The van der Waals surface area contributed by atoms with Crippen LogP contribution < -0.4 is 0 Å². The monoisotopic (exact) mass is 200 g/mol. The third-order valence-electron chi connectivity index (χ3n) is 2.96. The molecule has 0 saturated carbocycles. The lowest BCUT2D eigenvalue weighted by atomic mass is 9.81. The number of hydrogen-bond acceptors (Lipinski definition) is 1. The first-order chi connectivity index (χ1) is 6.43. The summed E-state index contributed by atoms with van der Waals surface area (Å²) in [5, 5.41) is 10.4. The molecule has 0 rings (SSSR count). The summed E-state index contributed by atoms with van der Waals surface area (Å²) in [4.78, 5) is 0. The van der Waals surface area contributed by atoms with Gasteiger partial charge in [0.25, 0.3) is 0 Å². The van der Waals surface area contributed by atoms with Gasteiger partial charge in [-0.25, -0.2) is 0 Å². The predicted octanol–water partition coefficient (Wildman–Crippen LogP) is 4.00. The normalized spacial score (nSPS) is 18.2. The van der Waals surface area contributed by atoms with Crippen LogP contribution in [0.3, 0.4) is 0 Å². The van der Waals surface area contributed by atoms with Crippen LogP contribution in [0.2, 0.25) is 0 Å². The van der Waals surface area contributed by atoms with Gasteiger partial charge in [-0.15, -0.1) is 0 Å². The maximum Gasteiger partial charge on any atom is 0.0650 e. The third-order valence-corrected chi connectivity index (χ3v) is 2.96. The van der Waals surface area contributed by atoms with Crippen molar-refractivity contribution >= 4 is 0 Å². The second kappa shape index (κ2) is 6.44. The Balaban J connectivity index is 4.09. The Hall–Kier alpha value is -0.0400. The smallest absolute Gasteiger partial charge is 0.0650 e. The summed E-state index contributed by atoms with van der Waals surface area (Å²) < 4.78 is 0. The van der Waals surface area contributed by atoms with Gasteiger partial charge in [-0.2, -0.15) is 0 Å². The lowest BCUT2D eigenvalue weighted by Gasteiger charge is -2.31. The molecule has 1 nitrogen and oxygen atoms in total. The van der Waals surface area contributed by atoms with Crippen molar-refractivity contribution in [3.8, 4) is 0 Å². The Labute approximate surface area is 89.9 Å². The first kappa shape index (κ1) is 14.0. The molecular weight excluding hydrogens is 172 g/mol. The molecule has 0 spiro atoms. The van der Waals surface area contributed by atoms with Crippen molar-refractivity contribution in [2.24, 2.45) is 11.8 Å². The quantitative estimate of drug-likeness (QED) is 0.658. The van der Waals surface area contributed by atoms with E-state index in [1.807, 2.05) is 0 Å². The van der Waals surface area contributed by atoms with E-state index in [2.05, 4.69) is 34.6 Å². The van der Waals surface area contributed by atoms with Crippen LogP contribution in [0.5, 0.6) is 0 Å². The zero-order valence-corrected chi connectivity index (χ0v) is 10.6. The van der Waals surface area contributed by atoms with Crippen LogP contribution in [0.25, 0.3) is 0 Å². The average Bonchev–Trinajstić information content (AvgIpc) is 2.02. The maximum absolute atomic E-state index is 10.4. The molecule has 2 unspecified atom stereocenters. The maximum atomic E-state index is 10.4. The molecule has 2 atom stereocenters. The van der Waals surface area contributed by atoms with Crippen molar-refractivity contribution in [1.29, 1.82) is 0 Å². The highest BCUT2D eigenvalue weighted by atomic mass is 16.3. The highest BCUT2D eigenvalue weighted by Gasteiger charge is 2.27. The number of rotatable bonds is 7. The molecule has 1 heteroatoms. The highest BCUT2D eigenvalue weighted by Crippen LogP contribution is 2.29. The number of aliphatic hydroxyl groups is 1. The van der Waals surface area contributed by atoms with E-state index in [0.717, 1.165) is 19.3 Å². The molecule has 0 saturated heterocycles. The summed E-state index contributed by atoms with van der Waals surface area (Å²) in [5.74, 6) is 1.25. The summed E-state index contributed by atoms with van der Waals surface area (Å²) in [7, 11) is 0. The van der Waals surface area contributed by atoms with Gasteiger partial charge >= 0.3 is 0 Å². The van der Waals surface area contributed by atoms with Crippen LogP contribution in [0, 0.1) is 11.8 Å². The topological polar surface area (TPSA) is 20.2 Å². The van der Waals surface area contributed by atoms with E-state index >= 15 is 0 Å². The molecule has 0 amide bonds. The summed E-state index contributed by atoms with van der Waals surface area (Å²) >= 11 is 0. The summed E-state index contributed by atoms with van der Waals surface area (Å²) in [6, 6.07) is 0. The van der Waals surface area contributed by atoms with Crippen molar-refractivity contribution in [2.45, 2.75) is 72.3 Å². The number of hydrogen-bond donors (Lipinski definition) is 1. The highest BCUT2D eigenvalue weighted by molar-refractivity contribution is 4.80. The zero-order valence-electron chi connectivity index (χ0n) is 10.6. The SMILES string of the molecule is CCCC(C)CC(O)(CC)CC(C)C. The largest absolute Gasteiger partial charge is 0.390 e. The minimum absolute atomic E-state index is 0.414. The summed E-state index contributed by atoms with van der Waals surface area (Å²) in [6.07, 6.45) is 5.26. The van der Waals surface area contributed by atoms with Crippen LogP contribution in [0.15, 0.2) is 0 Å². The molecule has 0 aromatic rings. The zero-order chi connectivity index (χ0) is 11.2. The predicted molar refractivity (Wildman–Crippen MR) is 63.4 cm³/mol. The minimum Gasteiger partial charge on any atom is -0.390 e. The lowest BCUT2D eigenvalue weighted by Crippen LogP contribution is -2.31. The first-order valence-electron chi connectivity index (χ1n) is 6.16. The van der Waals surface area contributed by atoms with Crippen LogP contribution in [0.1, 0.15) is 66.7 Å². The molecule has 1 N–H and O–H groups in total. The van der Waals surface area contributed by atoms with Crippen molar-refractivity contribution in [2.75, 3.05) is 0 Å². The Kier molecular flexibility index (Phi) is 6.43. The van der Waals surface area contributed by atoms with E-state index in [-0.39, 0.29) is 0 Å². The van der Waals surface area contributed by atoms with Crippen molar-refractivity contribution in [1.82, 2.24) is 0 Å². The Morgan fingerprint density at radius 1 is 1.07 bits per heavy atom. The van der Waals surface area contributed by atoms with Gasteiger partial charge < -0.3 is 5.11 Å². The fraction of sp³-hybridized carbons (Fsp3) is 1.00. The van der Waals surface area contributed by atoms with E-state index in [1.165, 1.54) is 12.8 Å². The lowest BCUT2D eigenvalue weighted by molar-refractivity contribution is -0.00594. The molecule has 0 heterocycles. The fourth-order valence-corrected chi connectivity index (χ4v) is 2.38. The molecule has 0 aromatic heterocycles. The molecule has 86 valence electrons. The van der Waals surface area contributed by atoms with Gasteiger partial charge in [0.2, 0.25) is 0 Å². The molecule has 0 aliphatic carbocycles. The Bertz CT molecular complexity index is 142. The van der Waals surface area contributed by atoms with E-state index < -0.39 is 5.60 Å². The van der Waals surface area contributed by atoms with Crippen LogP contribution >= 0.6 is 0 Å². The van der Waals surface area contributed by atoms with Crippen LogP contribution in [-0.2, 0) is 0 Å². The molecule has 0 aliphatic heterocycles. The molecule has 0 aliphatic rings. The summed E-state index contributed by atoms with van der Waals surface area (Å²) in [5.41, 5.74) is -0.414. The van der Waals surface area contributed by atoms with E-state index in [1.54, 1.807) is 0 Å². The van der Waals surface area contributed by atoms with Gasteiger partial charge in [0, 0.05) is 0 Å². The molecular formula is C13H28O. The molecule has 14 heavy (non-hydrogen) atoms. The molecule has 0 bridgehead atoms. The minimum atomic E-state index is -0.414. The van der Waals surface area contributed by atoms with E-state index in [9.17, 15) is 5.11 Å². The average molecular weight is 200 g/mol. The molecule has 0 aromatic carbocycles. The van der Waals surface area contributed by atoms with Crippen molar-refractivity contribution in [3.05, 3.63) is 0 Å². The van der Waals surface area contributed by atoms with E-state index in [4.69, 9.17) is 0 Å². The van der Waals surface area contributed by atoms with Gasteiger partial charge in [-0.05, 0) is 31.1 Å².